The maximum Gasteiger partial charge on any atom is 0.302 e. The third-order valence-corrected chi connectivity index (χ3v) is 4.76. The van der Waals surface area contributed by atoms with Gasteiger partial charge in [0.05, 0.1) is 0 Å². The number of esters is 1. The third-order valence-electron chi connectivity index (χ3n) is 4.76. The number of aryl methyl sites for hydroxylation is 1. The molecule has 0 saturated heterocycles. The first-order chi connectivity index (χ1) is 13.4. The fourth-order valence-electron chi connectivity index (χ4n) is 3.41. The Kier molecular flexibility index (Phi) is 5.87. The maximum atomic E-state index is 13.8. The van der Waals surface area contributed by atoms with Gasteiger partial charge >= 0.3 is 5.97 Å². The van der Waals surface area contributed by atoms with E-state index in [1.165, 1.54) is 13.0 Å². The number of anilines is 1. The number of halogens is 2. The van der Waals surface area contributed by atoms with Gasteiger partial charge in [-0.3, -0.25) is 9.59 Å². The van der Waals surface area contributed by atoms with Crippen LogP contribution in [0.2, 0.25) is 0 Å². The lowest BCUT2D eigenvalue weighted by atomic mass is 9.85. The van der Waals surface area contributed by atoms with E-state index in [1.54, 1.807) is 6.07 Å². The molecule has 0 atom stereocenters. The van der Waals surface area contributed by atoms with Gasteiger partial charge in [-0.15, -0.1) is 0 Å². The van der Waals surface area contributed by atoms with Crippen LogP contribution in [0.5, 0.6) is 0 Å². The number of ether oxygens (including phenoxy) is 1. The summed E-state index contributed by atoms with van der Waals surface area (Å²) in [6.45, 7) is 3.55. The summed E-state index contributed by atoms with van der Waals surface area (Å²) in [7, 11) is 0. The summed E-state index contributed by atoms with van der Waals surface area (Å²) in [4.78, 5) is 23.3. The average Bonchev–Trinajstić information content (AvgIpc) is 2.65. The van der Waals surface area contributed by atoms with Crippen LogP contribution >= 0.6 is 0 Å². The first-order valence-corrected chi connectivity index (χ1v) is 9.07. The van der Waals surface area contributed by atoms with Crippen LogP contribution in [-0.2, 0) is 16.0 Å². The Bertz CT molecular complexity index is 946. The number of fused-ring (bicyclic) bond motifs is 1. The Balaban J connectivity index is 1.84. The van der Waals surface area contributed by atoms with Gasteiger partial charge in [-0.25, -0.2) is 8.78 Å². The van der Waals surface area contributed by atoms with Crippen molar-refractivity contribution in [2.24, 2.45) is 0 Å². The van der Waals surface area contributed by atoms with Crippen LogP contribution in [0.1, 0.15) is 48.2 Å². The largest absolute Gasteiger partial charge is 0.461 e. The fraction of sp³-hybridized carbons (Fsp3) is 0.273. The number of carbonyl (C=O) groups excluding carboxylic acids is 2. The maximum absolute atomic E-state index is 13.8. The molecule has 0 spiro atoms. The zero-order valence-corrected chi connectivity index (χ0v) is 15.8. The second-order valence-electron chi connectivity index (χ2n) is 6.82. The molecule has 1 amide bonds. The number of hydrogen-bond donors (Lipinski definition) is 1. The normalized spacial score (nSPS) is 14.9. The number of rotatable bonds is 4. The molecular weight excluding hydrogens is 364 g/mol. The topological polar surface area (TPSA) is 55.4 Å². The average molecular weight is 385 g/mol. The summed E-state index contributed by atoms with van der Waals surface area (Å²) in [5, 5.41) is 2.57. The van der Waals surface area contributed by atoms with Gasteiger partial charge in [0.25, 0.3) is 5.91 Å². The van der Waals surface area contributed by atoms with Crippen molar-refractivity contribution in [1.29, 1.82) is 0 Å². The molecule has 1 N–H and O–H groups in total. The summed E-state index contributed by atoms with van der Waals surface area (Å²) < 4.78 is 32.7. The van der Waals surface area contributed by atoms with Crippen LogP contribution in [0.4, 0.5) is 14.5 Å². The Hall–Kier alpha value is -3.02. The van der Waals surface area contributed by atoms with Crippen LogP contribution in [-0.4, -0.2) is 18.5 Å². The number of nitrogens with one attached hydrogen (secondary N) is 1. The van der Waals surface area contributed by atoms with E-state index in [9.17, 15) is 18.4 Å². The molecule has 0 aliphatic heterocycles. The molecule has 0 saturated carbocycles. The minimum atomic E-state index is -0.901. The van der Waals surface area contributed by atoms with Crippen LogP contribution in [0.3, 0.4) is 0 Å². The summed E-state index contributed by atoms with van der Waals surface area (Å²) in [5.74, 6) is -2.95. The van der Waals surface area contributed by atoms with Crippen LogP contribution in [0.25, 0.3) is 5.57 Å². The lowest BCUT2D eigenvalue weighted by molar-refractivity contribution is -0.139. The zero-order chi connectivity index (χ0) is 20.3. The van der Waals surface area contributed by atoms with E-state index in [2.05, 4.69) is 5.32 Å². The summed E-state index contributed by atoms with van der Waals surface area (Å²) >= 11 is 0. The molecule has 4 nitrogen and oxygen atoms in total. The first kappa shape index (κ1) is 19.7. The molecule has 0 bridgehead atoms. The Morgan fingerprint density at radius 3 is 2.46 bits per heavy atom. The predicted molar refractivity (Wildman–Crippen MR) is 103 cm³/mol. The second kappa shape index (κ2) is 8.33. The molecule has 1 aliphatic rings. The van der Waals surface area contributed by atoms with Crippen molar-refractivity contribution in [3.8, 4) is 0 Å². The molecule has 0 fully saturated rings. The van der Waals surface area contributed by atoms with Gasteiger partial charge in [0.15, 0.2) is 0 Å². The highest BCUT2D eigenvalue weighted by Crippen LogP contribution is 2.34. The van der Waals surface area contributed by atoms with E-state index in [-0.39, 0.29) is 12.6 Å². The molecule has 3 rings (SSSR count). The van der Waals surface area contributed by atoms with Crippen molar-refractivity contribution < 1.29 is 23.1 Å². The molecule has 146 valence electrons. The van der Waals surface area contributed by atoms with Crippen molar-refractivity contribution in [3.63, 3.8) is 0 Å². The molecule has 6 heteroatoms. The van der Waals surface area contributed by atoms with E-state index in [4.69, 9.17) is 4.74 Å². The molecule has 28 heavy (non-hydrogen) atoms. The van der Waals surface area contributed by atoms with E-state index in [1.807, 2.05) is 19.1 Å². The van der Waals surface area contributed by atoms with E-state index in [0.717, 1.165) is 53.7 Å². The highest BCUT2D eigenvalue weighted by Gasteiger charge is 2.20. The van der Waals surface area contributed by atoms with Gasteiger partial charge in [-0.05, 0) is 72.7 Å². The van der Waals surface area contributed by atoms with Gasteiger partial charge in [0.1, 0.15) is 23.8 Å². The molecule has 0 aromatic heterocycles. The van der Waals surface area contributed by atoms with Gasteiger partial charge in [-0.1, -0.05) is 12.1 Å². The SMILES string of the molecule is CC(=O)OC/C(C)=C1\CCCc2cc(NC(=O)c3c(F)cccc3F)ccc21. The van der Waals surface area contributed by atoms with Gasteiger partial charge in [0.2, 0.25) is 0 Å². The minimum absolute atomic E-state index is 0.245. The Labute approximate surface area is 162 Å². The predicted octanol–water partition coefficient (Wildman–Crippen LogP) is 4.89. The molecule has 0 heterocycles. The number of carbonyl (C=O) groups is 2. The van der Waals surface area contributed by atoms with Crippen molar-refractivity contribution in [2.75, 3.05) is 11.9 Å². The third kappa shape index (κ3) is 4.27. The lowest BCUT2D eigenvalue weighted by Crippen LogP contribution is -2.16. The van der Waals surface area contributed by atoms with Gasteiger partial charge in [-0.2, -0.15) is 0 Å². The zero-order valence-electron chi connectivity index (χ0n) is 15.8. The van der Waals surface area contributed by atoms with Crippen LogP contribution in [0.15, 0.2) is 42.0 Å². The number of amides is 1. The van der Waals surface area contributed by atoms with E-state index >= 15 is 0 Å². The van der Waals surface area contributed by atoms with Crippen molar-refractivity contribution in [1.82, 2.24) is 0 Å². The summed E-state index contributed by atoms with van der Waals surface area (Å²) in [5.41, 5.74) is 4.08. The monoisotopic (exact) mass is 385 g/mol. The van der Waals surface area contributed by atoms with Crippen molar-refractivity contribution >= 4 is 23.1 Å². The Morgan fingerprint density at radius 1 is 1.07 bits per heavy atom. The Morgan fingerprint density at radius 2 is 1.79 bits per heavy atom. The molecule has 2 aromatic carbocycles. The fourth-order valence-corrected chi connectivity index (χ4v) is 3.41. The minimum Gasteiger partial charge on any atom is -0.461 e. The van der Waals surface area contributed by atoms with Gasteiger partial charge < -0.3 is 10.1 Å². The highest BCUT2D eigenvalue weighted by atomic mass is 19.1. The quantitative estimate of drug-likeness (QED) is 0.763. The first-order valence-electron chi connectivity index (χ1n) is 9.07. The van der Waals surface area contributed by atoms with Crippen molar-refractivity contribution in [2.45, 2.75) is 33.1 Å². The van der Waals surface area contributed by atoms with Gasteiger partial charge in [0, 0.05) is 12.6 Å². The summed E-state index contributed by atoms with van der Waals surface area (Å²) in [6, 6.07) is 8.73. The van der Waals surface area contributed by atoms with Crippen LogP contribution < -0.4 is 5.32 Å². The molecule has 0 unspecified atom stereocenters. The van der Waals surface area contributed by atoms with E-state index < -0.39 is 23.1 Å². The number of hydrogen-bond acceptors (Lipinski definition) is 3. The standard InChI is InChI=1S/C22H21F2NO3/c1-13(12-28-14(2)26)17-6-3-5-15-11-16(9-10-18(15)17)25-22(27)21-19(23)7-4-8-20(21)24/h4,7-11H,3,5-6,12H2,1-2H3,(H,25,27)/b17-13+. The molecular formula is C22H21F2NO3. The van der Waals surface area contributed by atoms with E-state index in [0.29, 0.717) is 5.69 Å². The lowest BCUT2D eigenvalue weighted by Gasteiger charge is -2.22. The van der Waals surface area contributed by atoms with Crippen LogP contribution in [0, 0.1) is 11.6 Å². The molecule has 0 radical (unpaired) electrons. The molecule has 1 aliphatic carbocycles. The number of allylic oxidation sites excluding steroid dienone is 1. The second-order valence-corrected chi connectivity index (χ2v) is 6.82. The highest BCUT2D eigenvalue weighted by molar-refractivity contribution is 6.04. The van der Waals surface area contributed by atoms with Crippen molar-refractivity contribution in [3.05, 3.63) is 70.3 Å². The smallest absolute Gasteiger partial charge is 0.302 e. The number of benzene rings is 2. The summed E-state index contributed by atoms with van der Waals surface area (Å²) in [6.07, 6.45) is 2.64. The molecule has 2 aromatic rings.